The summed E-state index contributed by atoms with van der Waals surface area (Å²) in [5.74, 6) is 0.766. The van der Waals surface area contributed by atoms with Crippen LogP contribution in [0.25, 0.3) is 0 Å². The van der Waals surface area contributed by atoms with Crippen molar-refractivity contribution in [3.63, 3.8) is 0 Å². The molecule has 6 heteroatoms. The Morgan fingerprint density at radius 3 is 2.38 bits per heavy atom. The van der Waals surface area contributed by atoms with Crippen LogP contribution in [0.5, 0.6) is 11.5 Å². The molecule has 0 spiro atoms. The molecule has 2 aromatic carbocycles. The standard InChI is InChI=1S/C18H15NO5/c20-18(21)17-10-16(24-19-17)12-22-11-13-6-8-15(9-7-13)23-14-4-2-1-3-5-14/h1-10H,11-12H2,(H,20,21). The molecule has 0 bridgehead atoms. The van der Waals surface area contributed by atoms with Gasteiger partial charge in [-0.1, -0.05) is 35.5 Å². The summed E-state index contributed by atoms with van der Waals surface area (Å²) in [6.45, 7) is 0.525. The zero-order valence-electron chi connectivity index (χ0n) is 12.7. The Bertz CT molecular complexity index is 796. The molecule has 0 unspecified atom stereocenters. The third-order valence-electron chi connectivity index (χ3n) is 3.19. The van der Waals surface area contributed by atoms with Crippen LogP contribution in [0.3, 0.4) is 0 Å². The molecule has 1 aromatic heterocycles. The first-order valence-corrected chi connectivity index (χ1v) is 7.29. The second-order valence-corrected chi connectivity index (χ2v) is 5.04. The van der Waals surface area contributed by atoms with E-state index in [-0.39, 0.29) is 12.3 Å². The van der Waals surface area contributed by atoms with Crippen molar-refractivity contribution in [3.05, 3.63) is 77.7 Å². The van der Waals surface area contributed by atoms with Crippen LogP contribution >= 0.6 is 0 Å². The maximum atomic E-state index is 10.7. The number of carboxylic acid groups (broad SMARTS) is 1. The Kier molecular flexibility index (Phi) is 4.88. The van der Waals surface area contributed by atoms with E-state index in [1.54, 1.807) is 0 Å². The summed E-state index contributed by atoms with van der Waals surface area (Å²) in [6.07, 6.45) is 0. The second-order valence-electron chi connectivity index (χ2n) is 5.04. The van der Waals surface area contributed by atoms with Gasteiger partial charge in [0, 0.05) is 6.07 Å². The number of para-hydroxylation sites is 1. The van der Waals surface area contributed by atoms with Crippen molar-refractivity contribution < 1.29 is 23.9 Å². The Balaban J connectivity index is 1.50. The first-order chi connectivity index (χ1) is 11.7. The van der Waals surface area contributed by atoms with E-state index in [9.17, 15) is 4.79 Å². The summed E-state index contributed by atoms with van der Waals surface area (Å²) in [4.78, 5) is 10.7. The average molecular weight is 325 g/mol. The molecule has 0 aliphatic rings. The molecular weight excluding hydrogens is 310 g/mol. The SMILES string of the molecule is O=C(O)c1cc(COCc2ccc(Oc3ccccc3)cc2)on1. The van der Waals surface area contributed by atoms with E-state index in [1.165, 1.54) is 6.07 Å². The lowest BCUT2D eigenvalue weighted by molar-refractivity contribution is 0.0683. The van der Waals surface area contributed by atoms with Crippen molar-refractivity contribution in [2.24, 2.45) is 0 Å². The number of carbonyl (C=O) groups is 1. The number of rotatable bonds is 7. The van der Waals surface area contributed by atoms with Crippen molar-refractivity contribution >= 4 is 5.97 Å². The molecule has 0 saturated carbocycles. The van der Waals surface area contributed by atoms with Crippen LogP contribution in [0.2, 0.25) is 0 Å². The van der Waals surface area contributed by atoms with Crippen LogP contribution in [0.1, 0.15) is 21.8 Å². The van der Waals surface area contributed by atoms with E-state index in [2.05, 4.69) is 5.16 Å². The number of nitrogens with zero attached hydrogens (tertiary/aromatic N) is 1. The van der Waals surface area contributed by atoms with E-state index in [1.807, 2.05) is 54.6 Å². The average Bonchev–Trinajstić information content (AvgIpc) is 3.07. The van der Waals surface area contributed by atoms with Crippen molar-refractivity contribution in [3.8, 4) is 11.5 Å². The van der Waals surface area contributed by atoms with Crippen LogP contribution < -0.4 is 4.74 Å². The predicted octanol–water partition coefficient (Wildman–Crippen LogP) is 3.88. The van der Waals surface area contributed by atoms with Crippen molar-refractivity contribution in [1.82, 2.24) is 5.16 Å². The topological polar surface area (TPSA) is 81.8 Å². The minimum Gasteiger partial charge on any atom is -0.476 e. The number of aromatic nitrogens is 1. The summed E-state index contributed by atoms with van der Waals surface area (Å²) in [5, 5.41) is 12.2. The molecule has 0 amide bonds. The zero-order valence-corrected chi connectivity index (χ0v) is 12.7. The Morgan fingerprint density at radius 2 is 1.71 bits per heavy atom. The molecule has 3 aromatic rings. The van der Waals surface area contributed by atoms with Gasteiger partial charge in [0.15, 0.2) is 11.5 Å². The van der Waals surface area contributed by atoms with Crippen LogP contribution in [0.4, 0.5) is 0 Å². The lowest BCUT2D eigenvalue weighted by Gasteiger charge is -2.07. The van der Waals surface area contributed by atoms with Crippen LogP contribution in [-0.4, -0.2) is 16.2 Å². The van der Waals surface area contributed by atoms with Crippen molar-refractivity contribution in [2.75, 3.05) is 0 Å². The highest BCUT2D eigenvalue weighted by Gasteiger charge is 2.10. The fourth-order valence-electron chi connectivity index (χ4n) is 2.03. The molecule has 0 radical (unpaired) electrons. The fraction of sp³-hybridized carbons (Fsp3) is 0.111. The van der Waals surface area contributed by atoms with E-state index < -0.39 is 5.97 Å². The molecule has 6 nitrogen and oxygen atoms in total. The molecule has 24 heavy (non-hydrogen) atoms. The van der Waals surface area contributed by atoms with Gasteiger partial charge in [-0.05, 0) is 29.8 Å². The maximum Gasteiger partial charge on any atom is 0.358 e. The quantitative estimate of drug-likeness (QED) is 0.710. The minimum absolute atomic E-state index is 0.129. The molecule has 0 aliphatic carbocycles. The normalized spacial score (nSPS) is 10.5. The summed E-state index contributed by atoms with van der Waals surface area (Å²) in [6, 6.07) is 18.4. The smallest absolute Gasteiger partial charge is 0.358 e. The highest BCUT2D eigenvalue weighted by molar-refractivity contribution is 5.85. The van der Waals surface area contributed by atoms with E-state index in [0.717, 1.165) is 17.1 Å². The largest absolute Gasteiger partial charge is 0.476 e. The summed E-state index contributed by atoms with van der Waals surface area (Å²) < 4.78 is 16.1. The highest BCUT2D eigenvalue weighted by Crippen LogP contribution is 2.21. The number of ether oxygens (including phenoxy) is 2. The Labute approximate surface area is 138 Å². The molecule has 0 aliphatic heterocycles. The van der Waals surface area contributed by atoms with E-state index in [4.69, 9.17) is 19.1 Å². The van der Waals surface area contributed by atoms with Gasteiger partial charge >= 0.3 is 5.97 Å². The molecule has 1 N–H and O–H groups in total. The molecular formula is C18H15NO5. The fourth-order valence-corrected chi connectivity index (χ4v) is 2.03. The van der Waals surface area contributed by atoms with E-state index in [0.29, 0.717) is 12.4 Å². The van der Waals surface area contributed by atoms with Crippen LogP contribution in [-0.2, 0) is 18.0 Å². The molecule has 3 rings (SSSR count). The maximum absolute atomic E-state index is 10.7. The summed E-state index contributed by atoms with van der Waals surface area (Å²) in [7, 11) is 0. The second kappa shape index (κ2) is 7.43. The van der Waals surface area contributed by atoms with Gasteiger partial charge in [-0.15, -0.1) is 0 Å². The van der Waals surface area contributed by atoms with Gasteiger partial charge in [-0.3, -0.25) is 0 Å². The molecule has 0 atom stereocenters. The summed E-state index contributed by atoms with van der Waals surface area (Å²) >= 11 is 0. The highest BCUT2D eigenvalue weighted by atomic mass is 16.5. The van der Waals surface area contributed by atoms with Gasteiger partial charge in [0.1, 0.15) is 18.1 Å². The third kappa shape index (κ3) is 4.21. The molecule has 1 heterocycles. The summed E-state index contributed by atoms with van der Waals surface area (Å²) in [5.41, 5.74) is 0.837. The van der Waals surface area contributed by atoms with Gasteiger partial charge in [0.25, 0.3) is 0 Å². The van der Waals surface area contributed by atoms with Crippen LogP contribution in [0.15, 0.2) is 65.2 Å². The Morgan fingerprint density at radius 1 is 1.00 bits per heavy atom. The van der Waals surface area contributed by atoms with Gasteiger partial charge in [-0.25, -0.2) is 4.79 Å². The van der Waals surface area contributed by atoms with Crippen LogP contribution in [0, 0.1) is 0 Å². The lowest BCUT2D eigenvalue weighted by Crippen LogP contribution is -1.95. The third-order valence-corrected chi connectivity index (χ3v) is 3.19. The van der Waals surface area contributed by atoms with Gasteiger partial charge < -0.3 is 19.1 Å². The lowest BCUT2D eigenvalue weighted by atomic mass is 10.2. The monoisotopic (exact) mass is 325 g/mol. The zero-order chi connectivity index (χ0) is 16.8. The molecule has 0 fully saturated rings. The number of carboxylic acids is 1. The van der Waals surface area contributed by atoms with Gasteiger partial charge in [0.2, 0.25) is 0 Å². The number of hydrogen-bond acceptors (Lipinski definition) is 5. The number of hydrogen-bond donors (Lipinski definition) is 1. The van der Waals surface area contributed by atoms with Gasteiger partial charge in [0.05, 0.1) is 6.61 Å². The minimum atomic E-state index is -1.13. The Hall–Kier alpha value is -3.12. The number of benzene rings is 2. The number of aromatic carboxylic acids is 1. The molecule has 0 saturated heterocycles. The first-order valence-electron chi connectivity index (χ1n) is 7.29. The van der Waals surface area contributed by atoms with Crippen molar-refractivity contribution in [1.29, 1.82) is 0 Å². The van der Waals surface area contributed by atoms with Gasteiger partial charge in [-0.2, -0.15) is 0 Å². The van der Waals surface area contributed by atoms with Crippen molar-refractivity contribution in [2.45, 2.75) is 13.2 Å². The van der Waals surface area contributed by atoms with E-state index >= 15 is 0 Å². The first kappa shape index (κ1) is 15.8. The molecule has 122 valence electrons. The predicted molar refractivity (Wildman–Crippen MR) is 84.9 cm³/mol.